The van der Waals surface area contributed by atoms with E-state index in [0.29, 0.717) is 16.3 Å². The van der Waals surface area contributed by atoms with Crippen LogP contribution < -0.4 is 5.43 Å². The van der Waals surface area contributed by atoms with Crippen molar-refractivity contribution >= 4 is 35.2 Å². The third-order valence-electron chi connectivity index (χ3n) is 2.74. The Labute approximate surface area is 130 Å². The first kappa shape index (κ1) is 15.5. The molecule has 7 nitrogen and oxygen atoms in total. The van der Waals surface area contributed by atoms with Crippen LogP contribution in [0.4, 0.5) is 11.4 Å². The number of rotatable bonds is 5. The molecule has 2 aromatic rings. The van der Waals surface area contributed by atoms with Gasteiger partial charge in [0.1, 0.15) is 0 Å². The van der Waals surface area contributed by atoms with Gasteiger partial charge < -0.3 is 5.11 Å². The Kier molecular flexibility index (Phi) is 4.70. The Morgan fingerprint density at radius 3 is 2.73 bits per heavy atom. The highest BCUT2D eigenvalue weighted by Gasteiger charge is 2.09. The summed E-state index contributed by atoms with van der Waals surface area (Å²) in [4.78, 5) is 21.2. The highest BCUT2D eigenvalue weighted by atomic mass is 35.5. The summed E-state index contributed by atoms with van der Waals surface area (Å²) in [5, 5.41) is 23.9. The second-order valence-electron chi connectivity index (χ2n) is 4.18. The van der Waals surface area contributed by atoms with Crippen molar-refractivity contribution in [3.63, 3.8) is 0 Å². The van der Waals surface area contributed by atoms with E-state index in [1.807, 2.05) is 0 Å². The molecule has 0 unspecified atom stereocenters. The first-order valence-corrected chi connectivity index (χ1v) is 6.42. The summed E-state index contributed by atoms with van der Waals surface area (Å²) >= 11 is 5.93. The quantitative estimate of drug-likeness (QED) is 0.499. The summed E-state index contributed by atoms with van der Waals surface area (Å²) in [6.45, 7) is 0. The van der Waals surface area contributed by atoms with Gasteiger partial charge in [-0.25, -0.2) is 4.79 Å². The number of halogens is 1. The van der Waals surface area contributed by atoms with Gasteiger partial charge in [0.2, 0.25) is 0 Å². The van der Waals surface area contributed by atoms with Crippen molar-refractivity contribution in [2.45, 2.75) is 0 Å². The molecule has 2 aromatic carbocycles. The van der Waals surface area contributed by atoms with Crippen molar-refractivity contribution < 1.29 is 14.8 Å². The molecule has 2 N–H and O–H groups in total. The number of anilines is 1. The van der Waals surface area contributed by atoms with E-state index >= 15 is 0 Å². The van der Waals surface area contributed by atoms with Crippen LogP contribution in [0.5, 0.6) is 0 Å². The summed E-state index contributed by atoms with van der Waals surface area (Å²) in [6, 6.07) is 10.2. The summed E-state index contributed by atoms with van der Waals surface area (Å²) in [6.07, 6.45) is 1.29. The number of nitro groups is 1. The number of para-hydroxylation sites is 1. The number of hydrogen-bond acceptors (Lipinski definition) is 5. The van der Waals surface area contributed by atoms with Crippen molar-refractivity contribution in [1.82, 2.24) is 0 Å². The number of non-ortho nitro benzene ring substituents is 1. The van der Waals surface area contributed by atoms with Gasteiger partial charge in [-0.15, -0.1) is 0 Å². The maximum atomic E-state index is 11.0. The SMILES string of the molecule is O=C(O)c1ccccc1N/N=C/c1cc([N+](=O)[O-])ccc1Cl. The molecule has 0 bridgehead atoms. The zero-order valence-corrected chi connectivity index (χ0v) is 11.8. The minimum Gasteiger partial charge on any atom is -0.478 e. The molecule has 112 valence electrons. The molecule has 0 aliphatic rings. The van der Waals surface area contributed by atoms with Gasteiger partial charge in [-0.05, 0) is 18.2 Å². The van der Waals surface area contributed by atoms with Crippen molar-refractivity contribution in [3.8, 4) is 0 Å². The first-order chi connectivity index (χ1) is 10.5. The van der Waals surface area contributed by atoms with Crippen molar-refractivity contribution in [3.05, 3.63) is 68.7 Å². The lowest BCUT2D eigenvalue weighted by molar-refractivity contribution is -0.384. The van der Waals surface area contributed by atoms with Gasteiger partial charge in [0, 0.05) is 22.7 Å². The summed E-state index contributed by atoms with van der Waals surface area (Å²) in [7, 11) is 0. The molecule has 0 aromatic heterocycles. The number of carbonyl (C=O) groups is 1. The lowest BCUT2D eigenvalue weighted by Gasteiger charge is -2.04. The van der Waals surface area contributed by atoms with Gasteiger partial charge in [0.05, 0.1) is 22.4 Å². The molecule has 0 heterocycles. The lowest BCUT2D eigenvalue weighted by Crippen LogP contribution is -2.02. The summed E-state index contributed by atoms with van der Waals surface area (Å²) in [5.41, 5.74) is 3.17. The third-order valence-corrected chi connectivity index (χ3v) is 3.08. The van der Waals surface area contributed by atoms with Gasteiger partial charge in [-0.1, -0.05) is 23.7 Å². The van der Waals surface area contributed by atoms with Gasteiger partial charge in [0.25, 0.3) is 5.69 Å². The van der Waals surface area contributed by atoms with Gasteiger partial charge in [-0.2, -0.15) is 5.10 Å². The Balaban J connectivity index is 2.22. The zero-order chi connectivity index (χ0) is 16.1. The molecular formula is C14H10ClN3O4. The van der Waals surface area contributed by atoms with E-state index in [0.717, 1.165) is 0 Å². The second-order valence-corrected chi connectivity index (χ2v) is 4.59. The van der Waals surface area contributed by atoms with Gasteiger partial charge >= 0.3 is 5.97 Å². The standard InChI is InChI=1S/C14H10ClN3O4/c15-12-6-5-10(18(21)22)7-9(12)8-16-17-13-4-2-1-3-11(13)14(19)20/h1-8,17H,(H,19,20)/b16-8+. The molecule has 0 amide bonds. The number of carboxylic acid groups (broad SMARTS) is 1. The second kappa shape index (κ2) is 6.68. The van der Waals surface area contributed by atoms with E-state index in [4.69, 9.17) is 16.7 Å². The van der Waals surface area contributed by atoms with Crippen LogP contribution in [0.3, 0.4) is 0 Å². The normalized spacial score (nSPS) is 10.6. The smallest absolute Gasteiger partial charge is 0.337 e. The minimum absolute atomic E-state index is 0.0600. The van der Waals surface area contributed by atoms with Crippen LogP contribution in [-0.4, -0.2) is 22.2 Å². The fourth-order valence-electron chi connectivity index (χ4n) is 1.68. The van der Waals surface area contributed by atoms with E-state index in [9.17, 15) is 14.9 Å². The highest BCUT2D eigenvalue weighted by molar-refractivity contribution is 6.33. The topological polar surface area (TPSA) is 105 Å². The van der Waals surface area contributed by atoms with Crippen LogP contribution in [0.15, 0.2) is 47.6 Å². The number of nitrogens with one attached hydrogen (secondary N) is 1. The monoisotopic (exact) mass is 319 g/mol. The molecule has 8 heteroatoms. The Morgan fingerprint density at radius 2 is 2.05 bits per heavy atom. The number of aromatic carboxylic acids is 1. The Hall–Kier alpha value is -2.93. The number of hydrogen-bond donors (Lipinski definition) is 2. The molecule has 0 saturated heterocycles. The van der Waals surface area contributed by atoms with Crippen LogP contribution >= 0.6 is 11.6 Å². The fourth-order valence-corrected chi connectivity index (χ4v) is 1.85. The fraction of sp³-hybridized carbons (Fsp3) is 0. The van der Waals surface area contributed by atoms with E-state index in [2.05, 4.69) is 10.5 Å². The van der Waals surface area contributed by atoms with E-state index in [1.54, 1.807) is 18.2 Å². The van der Waals surface area contributed by atoms with Gasteiger partial charge in [-0.3, -0.25) is 15.5 Å². The predicted octanol–water partition coefficient (Wildman–Crippen LogP) is 3.39. The van der Waals surface area contributed by atoms with Crippen LogP contribution in [0.25, 0.3) is 0 Å². The summed E-state index contributed by atoms with van der Waals surface area (Å²) in [5.74, 6) is -1.09. The number of nitrogens with zero attached hydrogens (tertiary/aromatic N) is 2. The highest BCUT2D eigenvalue weighted by Crippen LogP contribution is 2.21. The molecular weight excluding hydrogens is 310 g/mol. The van der Waals surface area contributed by atoms with Crippen LogP contribution in [0.2, 0.25) is 5.02 Å². The summed E-state index contributed by atoms with van der Waals surface area (Å²) < 4.78 is 0. The predicted molar refractivity (Wildman–Crippen MR) is 82.7 cm³/mol. The average molecular weight is 320 g/mol. The van der Waals surface area contributed by atoms with Crippen molar-refractivity contribution in [2.24, 2.45) is 5.10 Å². The molecule has 22 heavy (non-hydrogen) atoms. The molecule has 0 radical (unpaired) electrons. The van der Waals surface area contributed by atoms with Crippen molar-refractivity contribution in [2.75, 3.05) is 5.43 Å². The largest absolute Gasteiger partial charge is 0.478 e. The number of benzene rings is 2. The van der Waals surface area contributed by atoms with E-state index < -0.39 is 10.9 Å². The average Bonchev–Trinajstić information content (AvgIpc) is 2.49. The van der Waals surface area contributed by atoms with Gasteiger partial charge in [0.15, 0.2) is 0 Å². The molecule has 0 aliphatic carbocycles. The Bertz CT molecular complexity index is 762. The maximum Gasteiger partial charge on any atom is 0.337 e. The lowest BCUT2D eigenvalue weighted by atomic mass is 10.2. The number of carboxylic acids is 1. The molecule has 0 atom stereocenters. The molecule has 0 spiro atoms. The molecule has 0 aliphatic heterocycles. The first-order valence-electron chi connectivity index (χ1n) is 6.04. The van der Waals surface area contributed by atoms with Crippen LogP contribution in [-0.2, 0) is 0 Å². The minimum atomic E-state index is -1.09. The van der Waals surface area contributed by atoms with E-state index in [1.165, 1.54) is 30.5 Å². The number of nitro benzene ring substituents is 1. The van der Waals surface area contributed by atoms with E-state index in [-0.39, 0.29) is 11.3 Å². The van der Waals surface area contributed by atoms with Crippen molar-refractivity contribution in [1.29, 1.82) is 0 Å². The molecule has 0 fully saturated rings. The molecule has 0 saturated carbocycles. The van der Waals surface area contributed by atoms with Crippen LogP contribution in [0, 0.1) is 10.1 Å². The van der Waals surface area contributed by atoms with Crippen LogP contribution in [0.1, 0.15) is 15.9 Å². The zero-order valence-electron chi connectivity index (χ0n) is 11.1. The maximum absolute atomic E-state index is 11.0. The molecule has 2 rings (SSSR count). The Morgan fingerprint density at radius 1 is 1.32 bits per heavy atom. The number of hydrazone groups is 1. The third kappa shape index (κ3) is 3.58.